The molecule has 112 valence electrons. The van der Waals surface area contributed by atoms with Crippen LogP contribution in [0.2, 0.25) is 5.02 Å². The molecule has 0 aliphatic carbocycles. The van der Waals surface area contributed by atoms with Crippen LogP contribution in [0.15, 0.2) is 30.3 Å². The first-order valence-electron chi connectivity index (χ1n) is 6.33. The van der Waals surface area contributed by atoms with Gasteiger partial charge in [0.15, 0.2) is 11.5 Å². The fourth-order valence-corrected chi connectivity index (χ4v) is 2.35. The van der Waals surface area contributed by atoms with Crippen molar-refractivity contribution in [2.45, 2.75) is 13.0 Å². The average molecular weight is 311 g/mol. The van der Waals surface area contributed by atoms with Crippen molar-refractivity contribution in [2.75, 3.05) is 14.2 Å². The van der Waals surface area contributed by atoms with Gasteiger partial charge in [-0.05, 0) is 30.2 Å². The number of ether oxygens (including phenoxy) is 2. The number of rotatable bonds is 4. The Labute approximate surface area is 127 Å². The minimum atomic E-state index is -0.975. The maximum absolute atomic E-state index is 13.3. The molecule has 3 nitrogen and oxygen atoms in total. The third-order valence-electron chi connectivity index (χ3n) is 3.30. The summed E-state index contributed by atoms with van der Waals surface area (Å²) in [4.78, 5) is 0. The SMILES string of the molecule is COc1cc(Cl)c(C(O)c2ccc(F)c(C)c2)cc1OC. The molecule has 0 spiro atoms. The topological polar surface area (TPSA) is 38.7 Å². The Balaban J connectivity index is 2.47. The molecule has 0 heterocycles. The zero-order valence-corrected chi connectivity index (χ0v) is 12.7. The molecule has 0 aliphatic heterocycles. The van der Waals surface area contributed by atoms with E-state index < -0.39 is 6.10 Å². The van der Waals surface area contributed by atoms with Crippen molar-refractivity contribution in [3.05, 3.63) is 57.9 Å². The molecule has 21 heavy (non-hydrogen) atoms. The van der Waals surface area contributed by atoms with Gasteiger partial charge in [0.25, 0.3) is 0 Å². The third-order valence-corrected chi connectivity index (χ3v) is 3.62. The van der Waals surface area contributed by atoms with Crippen molar-refractivity contribution in [2.24, 2.45) is 0 Å². The predicted octanol–water partition coefficient (Wildman–Crippen LogP) is 3.89. The van der Waals surface area contributed by atoms with Gasteiger partial charge in [-0.25, -0.2) is 4.39 Å². The lowest BCUT2D eigenvalue weighted by molar-refractivity contribution is 0.219. The van der Waals surface area contributed by atoms with E-state index in [0.29, 0.717) is 33.2 Å². The van der Waals surface area contributed by atoms with Gasteiger partial charge in [-0.3, -0.25) is 0 Å². The quantitative estimate of drug-likeness (QED) is 0.931. The maximum Gasteiger partial charge on any atom is 0.162 e. The number of aliphatic hydroxyl groups excluding tert-OH is 1. The summed E-state index contributed by atoms with van der Waals surface area (Å²) in [6, 6.07) is 7.63. The molecule has 1 atom stereocenters. The first kappa shape index (κ1) is 15.6. The van der Waals surface area contributed by atoms with Gasteiger partial charge in [-0.2, -0.15) is 0 Å². The van der Waals surface area contributed by atoms with Crippen LogP contribution >= 0.6 is 11.6 Å². The maximum atomic E-state index is 13.3. The van der Waals surface area contributed by atoms with E-state index in [2.05, 4.69) is 0 Å². The summed E-state index contributed by atoms with van der Waals surface area (Å²) < 4.78 is 23.7. The van der Waals surface area contributed by atoms with Crippen molar-refractivity contribution in [1.82, 2.24) is 0 Å². The number of halogens is 2. The van der Waals surface area contributed by atoms with Crippen LogP contribution in [0.1, 0.15) is 22.8 Å². The Kier molecular flexibility index (Phi) is 4.70. The predicted molar refractivity (Wildman–Crippen MR) is 79.8 cm³/mol. The summed E-state index contributed by atoms with van der Waals surface area (Å²) in [5, 5.41) is 10.8. The van der Waals surface area contributed by atoms with Gasteiger partial charge < -0.3 is 14.6 Å². The normalized spacial score (nSPS) is 12.1. The van der Waals surface area contributed by atoms with Crippen LogP contribution in [0.25, 0.3) is 0 Å². The highest BCUT2D eigenvalue weighted by atomic mass is 35.5. The van der Waals surface area contributed by atoms with Gasteiger partial charge in [-0.1, -0.05) is 23.7 Å². The van der Waals surface area contributed by atoms with Crippen LogP contribution < -0.4 is 9.47 Å². The largest absolute Gasteiger partial charge is 0.493 e. The highest BCUT2D eigenvalue weighted by molar-refractivity contribution is 6.31. The second kappa shape index (κ2) is 6.33. The molecule has 0 saturated carbocycles. The van der Waals surface area contributed by atoms with Crippen molar-refractivity contribution in [3.8, 4) is 11.5 Å². The summed E-state index contributed by atoms with van der Waals surface area (Å²) >= 11 is 6.18. The van der Waals surface area contributed by atoms with Crippen LogP contribution in [0, 0.1) is 12.7 Å². The Morgan fingerprint density at radius 3 is 2.29 bits per heavy atom. The lowest BCUT2D eigenvalue weighted by atomic mass is 9.99. The Morgan fingerprint density at radius 1 is 1.10 bits per heavy atom. The zero-order chi connectivity index (χ0) is 15.6. The Hall–Kier alpha value is -1.78. The molecule has 0 bridgehead atoms. The van der Waals surface area contributed by atoms with E-state index in [9.17, 15) is 9.50 Å². The minimum Gasteiger partial charge on any atom is -0.493 e. The summed E-state index contributed by atoms with van der Waals surface area (Å²) in [6.07, 6.45) is -0.975. The van der Waals surface area contributed by atoms with Crippen molar-refractivity contribution >= 4 is 11.6 Å². The van der Waals surface area contributed by atoms with Gasteiger partial charge in [0.2, 0.25) is 0 Å². The molecule has 0 amide bonds. The second-order valence-corrected chi connectivity index (χ2v) is 5.05. The molecule has 0 aliphatic rings. The standard InChI is InChI=1S/C16H16ClFO3/c1-9-6-10(4-5-13(9)18)16(19)11-7-14(20-2)15(21-3)8-12(11)17/h4-8,16,19H,1-3H3. The van der Waals surface area contributed by atoms with Crippen LogP contribution in [-0.4, -0.2) is 19.3 Å². The molecular formula is C16H16ClFO3. The van der Waals surface area contributed by atoms with Crippen LogP contribution in [0.4, 0.5) is 4.39 Å². The number of hydrogen-bond donors (Lipinski definition) is 1. The van der Waals surface area contributed by atoms with E-state index in [4.69, 9.17) is 21.1 Å². The van der Waals surface area contributed by atoms with E-state index in [-0.39, 0.29) is 5.82 Å². The molecule has 0 aromatic heterocycles. The molecule has 1 unspecified atom stereocenters. The van der Waals surface area contributed by atoms with Gasteiger partial charge in [-0.15, -0.1) is 0 Å². The number of aryl methyl sites for hydroxylation is 1. The molecule has 1 N–H and O–H groups in total. The fourth-order valence-electron chi connectivity index (χ4n) is 2.10. The first-order chi connectivity index (χ1) is 9.97. The fraction of sp³-hybridized carbons (Fsp3) is 0.250. The molecule has 0 fully saturated rings. The molecule has 2 aromatic carbocycles. The Morgan fingerprint density at radius 2 is 1.71 bits per heavy atom. The molecule has 2 aromatic rings. The third kappa shape index (κ3) is 3.12. The monoisotopic (exact) mass is 310 g/mol. The molecular weight excluding hydrogens is 295 g/mol. The van der Waals surface area contributed by atoms with E-state index in [0.717, 1.165) is 0 Å². The van der Waals surface area contributed by atoms with Crippen molar-refractivity contribution in [1.29, 1.82) is 0 Å². The van der Waals surface area contributed by atoms with Crippen molar-refractivity contribution in [3.63, 3.8) is 0 Å². The average Bonchev–Trinajstić information content (AvgIpc) is 2.49. The van der Waals surface area contributed by atoms with Crippen LogP contribution in [0.3, 0.4) is 0 Å². The van der Waals surface area contributed by atoms with Gasteiger partial charge in [0.1, 0.15) is 11.9 Å². The van der Waals surface area contributed by atoms with Crippen molar-refractivity contribution < 1.29 is 19.0 Å². The van der Waals surface area contributed by atoms with E-state index in [1.54, 1.807) is 25.1 Å². The van der Waals surface area contributed by atoms with Gasteiger partial charge in [0.05, 0.1) is 19.2 Å². The number of hydrogen-bond acceptors (Lipinski definition) is 3. The molecule has 5 heteroatoms. The molecule has 0 radical (unpaired) electrons. The van der Waals surface area contributed by atoms with E-state index >= 15 is 0 Å². The van der Waals surface area contributed by atoms with Crippen LogP contribution in [0.5, 0.6) is 11.5 Å². The van der Waals surface area contributed by atoms with Gasteiger partial charge >= 0.3 is 0 Å². The molecule has 2 rings (SSSR count). The van der Waals surface area contributed by atoms with Crippen LogP contribution in [-0.2, 0) is 0 Å². The van der Waals surface area contributed by atoms with Gasteiger partial charge in [0, 0.05) is 11.6 Å². The first-order valence-corrected chi connectivity index (χ1v) is 6.71. The lowest BCUT2D eigenvalue weighted by Crippen LogP contribution is -2.03. The highest BCUT2D eigenvalue weighted by Gasteiger charge is 2.18. The number of aliphatic hydroxyl groups is 1. The summed E-state index contributed by atoms with van der Waals surface area (Å²) in [5.41, 5.74) is 1.49. The summed E-state index contributed by atoms with van der Waals surface area (Å²) in [6.45, 7) is 1.64. The smallest absolute Gasteiger partial charge is 0.162 e. The minimum absolute atomic E-state index is 0.315. The van der Waals surface area contributed by atoms with E-state index in [1.165, 1.54) is 26.4 Å². The number of benzene rings is 2. The highest BCUT2D eigenvalue weighted by Crippen LogP contribution is 2.37. The zero-order valence-electron chi connectivity index (χ0n) is 12.0. The summed E-state index contributed by atoms with van der Waals surface area (Å²) in [7, 11) is 3.01. The number of methoxy groups -OCH3 is 2. The Bertz CT molecular complexity index is 658. The lowest BCUT2D eigenvalue weighted by Gasteiger charge is -2.17. The second-order valence-electron chi connectivity index (χ2n) is 4.64. The van der Waals surface area contributed by atoms with E-state index in [1.807, 2.05) is 0 Å². The summed E-state index contributed by atoms with van der Waals surface area (Å²) in [5.74, 6) is 0.632. The molecule has 0 saturated heterocycles.